The summed E-state index contributed by atoms with van der Waals surface area (Å²) in [6.07, 6.45) is -4.82. The number of halogens is 4. The molecular formula is C26H26ClF3N2O3S. The Morgan fingerprint density at radius 3 is 2.25 bits per heavy atom. The first-order valence-corrected chi connectivity index (χ1v) is 12.9. The summed E-state index contributed by atoms with van der Waals surface area (Å²) in [6.45, 7) is 6.72. The molecule has 0 saturated carbocycles. The molecule has 0 aliphatic carbocycles. The number of benzene rings is 3. The van der Waals surface area contributed by atoms with Gasteiger partial charge in [0.05, 0.1) is 21.2 Å². The molecule has 0 spiro atoms. The van der Waals surface area contributed by atoms with Crippen molar-refractivity contribution in [2.24, 2.45) is 0 Å². The number of hydrogen-bond acceptors (Lipinski definition) is 3. The zero-order chi connectivity index (χ0) is 26.8. The Kier molecular flexibility index (Phi) is 8.05. The van der Waals surface area contributed by atoms with Crippen LogP contribution in [0.15, 0.2) is 65.6 Å². The van der Waals surface area contributed by atoms with E-state index in [4.69, 9.17) is 11.6 Å². The van der Waals surface area contributed by atoms with Gasteiger partial charge in [-0.05, 0) is 61.2 Å². The van der Waals surface area contributed by atoms with E-state index in [1.807, 2.05) is 26.0 Å². The predicted octanol–water partition coefficient (Wildman–Crippen LogP) is 6.93. The summed E-state index contributed by atoms with van der Waals surface area (Å²) in [6, 6.07) is 14.1. The molecule has 0 aliphatic rings. The molecule has 0 saturated heterocycles. The summed E-state index contributed by atoms with van der Waals surface area (Å²) >= 11 is 5.74. The van der Waals surface area contributed by atoms with E-state index in [-0.39, 0.29) is 16.5 Å². The Bertz CT molecular complexity index is 1370. The monoisotopic (exact) mass is 538 g/mol. The molecule has 192 valence electrons. The van der Waals surface area contributed by atoms with E-state index in [9.17, 15) is 26.4 Å². The van der Waals surface area contributed by atoms with Crippen LogP contribution in [0.3, 0.4) is 0 Å². The van der Waals surface area contributed by atoms with Crippen LogP contribution in [-0.4, -0.2) is 20.9 Å². The first-order valence-electron chi connectivity index (χ1n) is 11.1. The minimum absolute atomic E-state index is 0.0678. The smallest absolute Gasteiger partial charge is 0.324 e. The Balaban J connectivity index is 2.08. The lowest BCUT2D eigenvalue weighted by Crippen LogP contribution is -2.38. The molecule has 0 radical (unpaired) electrons. The van der Waals surface area contributed by atoms with Crippen LogP contribution in [0.4, 0.5) is 24.5 Å². The molecule has 36 heavy (non-hydrogen) atoms. The fourth-order valence-electron chi connectivity index (χ4n) is 3.69. The van der Waals surface area contributed by atoms with Crippen LogP contribution in [0.5, 0.6) is 0 Å². The van der Waals surface area contributed by atoms with Crippen LogP contribution in [0.2, 0.25) is 5.02 Å². The van der Waals surface area contributed by atoms with Crippen molar-refractivity contribution in [1.29, 1.82) is 0 Å². The summed E-state index contributed by atoms with van der Waals surface area (Å²) in [5.74, 6) is -0.636. The fourth-order valence-corrected chi connectivity index (χ4v) is 5.33. The van der Waals surface area contributed by atoms with Crippen LogP contribution in [-0.2, 0) is 21.0 Å². The van der Waals surface area contributed by atoms with E-state index in [0.717, 1.165) is 28.8 Å². The fraction of sp³-hybridized carbons (Fsp3) is 0.269. The SMILES string of the molecule is Cc1ccc(S(=O)(=O)N(CC(=O)Nc2c(C)cccc2C(C)C)c2ccc(Cl)c(C(F)(F)F)c2)cc1. The average molecular weight is 539 g/mol. The van der Waals surface area contributed by atoms with Gasteiger partial charge in [-0.25, -0.2) is 8.42 Å². The lowest BCUT2D eigenvalue weighted by molar-refractivity contribution is -0.137. The molecule has 3 rings (SSSR count). The van der Waals surface area contributed by atoms with Gasteiger partial charge < -0.3 is 5.32 Å². The molecule has 3 aromatic rings. The maximum absolute atomic E-state index is 13.6. The molecule has 0 fully saturated rings. The van der Waals surface area contributed by atoms with E-state index in [0.29, 0.717) is 16.1 Å². The van der Waals surface area contributed by atoms with Crippen molar-refractivity contribution in [3.05, 3.63) is 87.9 Å². The molecule has 1 N–H and O–H groups in total. The molecule has 3 aromatic carbocycles. The lowest BCUT2D eigenvalue weighted by atomic mass is 9.98. The Labute approximate surface area is 213 Å². The Morgan fingerprint density at radius 2 is 1.67 bits per heavy atom. The van der Waals surface area contributed by atoms with Crippen LogP contribution in [0.1, 0.15) is 42.0 Å². The van der Waals surface area contributed by atoms with Gasteiger partial charge in [-0.2, -0.15) is 13.2 Å². The number of nitrogens with zero attached hydrogens (tertiary/aromatic N) is 1. The number of amides is 1. The summed E-state index contributed by atoms with van der Waals surface area (Å²) in [5, 5.41) is 2.18. The maximum Gasteiger partial charge on any atom is 0.417 e. The van der Waals surface area contributed by atoms with Crippen molar-refractivity contribution in [1.82, 2.24) is 0 Å². The third-order valence-electron chi connectivity index (χ3n) is 5.63. The second-order valence-electron chi connectivity index (χ2n) is 8.73. The van der Waals surface area contributed by atoms with Gasteiger partial charge in [0.2, 0.25) is 5.91 Å². The standard InChI is InChI=1S/C26H26ClF3N2O3S/c1-16(2)21-7-5-6-18(4)25(21)31-24(33)15-32(36(34,35)20-11-8-17(3)9-12-20)19-10-13-23(27)22(14-19)26(28,29)30/h5-14,16H,15H2,1-4H3,(H,31,33). The predicted molar refractivity (Wildman–Crippen MR) is 136 cm³/mol. The molecule has 0 atom stereocenters. The summed E-state index contributed by atoms with van der Waals surface area (Å²) < 4.78 is 68.4. The van der Waals surface area contributed by atoms with Crippen LogP contribution < -0.4 is 9.62 Å². The van der Waals surface area contributed by atoms with Gasteiger partial charge in [0.1, 0.15) is 6.54 Å². The highest BCUT2D eigenvalue weighted by atomic mass is 35.5. The topological polar surface area (TPSA) is 66.5 Å². The molecule has 0 aromatic heterocycles. The van der Waals surface area contributed by atoms with Crippen molar-refractivity contribution in [3.8, 4) is 0 Å². The molecule has 0 heterocycles. The number of rotatable bonds is 7. The van der Waals surface area contributed by atoms with Crippen molar-refractivity contribution in [2.45, 2.75) is 44.7 Å². The van der Waals surface area contributed by atoms with E-state index < -0.39 is 39.2 Å². The van der Waals surface area contributed by atoms with Crippen molar-refractivity contribution >= 4 is 38.9 Å². The van der Waals surface area contributed by atoms with E-state index in [1.165, 1.54) is 12.1 Å². The second-order valence-corrected chi connectivity index (χ2v) is 11.0. The lowest BCUT2D eigenvalue weighted by Gasteiger charge is -2.26. The van der Waals surface area contributed by atoms with Gasteiger partial charge in [0.25, 0.3) is 10.0 Å². The summed E-state index contributed by atoms with van der Waals surface area (Å²) in [4.78, 5) is 13.0. The molecule has 1 amide bonds. The highest BCUT2D eigenvalue weighted by molar-refractivity contribution is 7.92. The number of anilines is 2. The minimum Gasteiger partial charge on any atom is -0.324 e. The molecule has 10 heteroatoms. The Hall–Kier alpha value is -3.04. The number of carbonyl (C=O) groups is 1. The maximum atomic E-state index is 13.6. The molecule has 0 bridgehead atoms. The number of nitrogens with one attached hydrogen (secondary N) is 1. The van der Waals surface area contributed by atoms with E-state index in [2.05, 4.69) is 5.32 Å². The highest BCUT2D eigenvalue weighted by Gasteiger charge is 2.35. The van der Waals surface area contributed by atoms with E-state index in [1.54, 1.807) is 32.0 Å². The van der Waals surface area contributed by atoms with E-state index >= 15 is 0 Å². The first-order chi connectivity index (χ1) is 16.7. The number of hydrogen-bond donors (Lipinski definition) is 1. The number of aryl methyl sites for hydroxylation is 2. The quantitative estimate of drug-likeness (QED) is 0.354. The zero-order valence-corrected chi connectivity index (χ0v) is 21.7. The zero-order valence-electron chi connectivity index (χ0n) is 20.2. The van der Waals surface area contributed by atoms with Crippen molar-refractivity contribution in [2.75, 3.05) is 16.2 Å². The van der Waals surface area contributed by atoms with Gasteiger partial charge in [0, 0.05) is 5.69 Å². The third kappa shape index (κ3) is 6.02. The van der Waals surface area contributed by atoms with Gasteiger partial charge in [-0.3, -0.25) is 9.10 Å². The number of carbonyl (C=O) groups excluding carboxylic acids is 1. The second kappa shape index (κ2) is 10.5. The van der Waals surface area contributed by atoms with Crippen molar-refractivity contribution < 1.29 is 26.4 Å². The Morgan fingerprint density at radius 1 is 1.03 bits per heavy atom. The van der Waals surface area contributed by atoms with Gasteiger partial charge in [0.15, 0.2) is 0 Å². The number of sulfonamides is 1. The highest BCUT2D eigenvalue weighted by Crippen LogP contribution is 2.38. The minimum atomic E-state index is -4.82. The van der Waals surface area contributed by atoms with Crippen molar-refractivity contribution in [3.63, 3.8) is 0 Å². The molecular weight excluding hydrogens is 513 g/mol. The molecule has 0 aliphatic heterocycles. The average Bonchev–Trinajstić information content (AvgIpc) is 2.78. The first kappa shape index (κ1) is 27.5. The summed E-state index contributed by atoms with van der Waals surface area (Å²) in [5.41, 5.74) is 1.42. The van der Waals surface area contributed by atoms with Gasteiger partial charge in [-0.15, -0.1) is 0 Å². The van der Waals surface area contributed by atoms with Gasteiger partial charge in [-0.1, -0.05) is 61.3 Å². The normalized spacial score (nSPS) is 12.0. The van der Waals surface area contributed by atoms with Crippen LogP contribution in [0.25, 0.3) is 0 Å². The summed E-state index contributed by atoms with van der Waals surface area (Å²) in [7, 11) is -4.41. The van der Waals surface area contributed by atoms with Crippen LogP contribution >= 0.6 is 11.6 Å². The number of para-hydroxylation sites is 1. The molecule has 0 unspecified atom stereocenters. The largest absolute Gasteiger partial charge is 0.417 e. The third-order valence-corrected chi connectivity index (χ3v) is 7.75. The van der Waals surface area contributed by atoms with Gasteiger partial charge >= 0.3 is 6.18 Å². The van der Waals surface area contributed by atoms with Crippen LogP contribution in [0, 0.1) is 13.8 Å². The number of alkyl halides is 3. The molecule has 5 nitrogen and oxygen atoms in total.